The van der Waals surface area contributed by atoms with Crippen LogP contribution in [-0.2, 0) is 4.74 Å². The number of primary amides is 1. The van der Waals surface area contributed by atoms with Gasteiger partial charge in [-0.05, 0) is 34.0 Å². The number of amides is 1. The van der Waals surface area contributed by atoms with Gasteiger partial charge >= 0.3 is 6.09 Å². The van der Waals surface area contributed by atoms with E-state index in [4.69, 9.17) is 15.2 Å². The zero-order valence-corrected chi connectivity index (χ0v) is 14.9. The molecule has 4 rings (SSSR count). The van der Waals surface area contributed by atoms with E-state index in [0.717, 1.165) is 22.4 Å². The normalized spacial score (nSPS) is 18.0. The third kappa shape index (κ3) is 2.88. The maximum absolute atomic E-state index is 11.3. The van der Waals surface area contributed by atoms with Crippen molar-refractivity contribution in [2.24, 2.45) is 11.1 Å². The molecule has 1 unspecified atom stereocenters. The van der Waals surface area contributed by atoms with Crippen molar-refractivity contribution in [2.75, 3.05) is 6.61 Å². The molecule has 0 saturated heterocycles. The van der Waals surface area contributed by atoms with Gasteiger partial charge in [-0.2, -0.15) is 0 Å². The summed E-state index contributed by atoms with van der Waals surface area (Å²) in [7, 11) is 0. The molecule has 3 aromatic rings. The maximum Gasteiger partial charge on any atom is 0.405 e. The molecule has 1 amide bonds. The van der Waals surface area contributed by atoms with Crippen molar-refractivity contribution in [1.29, 1.82) is 0 Å². The van der Waals surface area contributed by atoms with Crippen LogP contribution in [0.25, 0.3) is 21.9 Å². The molecule has 3 aromatic carbocycles. The van der Waals surface area contributed by atoms with Crippen LogP contribution in [0.3, 0.4) is 0 Å². The van der Waals surface area contributed by atoms with Gasteiger partial charge in [0, 0.05) is 11.0 Å². The number of benzene rings is 3. The van der Waals surface area contributed by atoms with E-state index >= 15 is 0 Å². The Labute approximate surface area is 152 Å². The van der Waals surface area contributed by atoms with Gasteiger partial charge in [-0.25, -0.2) is 4.79 Å². The van der Waals surface area contributed by atoms with E-state index in [-0.39, 0.29) is 5.41 Å². The second-order valence-electron chi connectivity index (χ2n) is 7.41. The molecule has 26 heavy (non-hydrogen) atoms. The lowest BCUT2D eigenvalue weighted by Crippen LogP contribution is -2.37. The molecular formula is C22H21NO3. The molecule has 0 aromatic heterocycles. The van der Waals surface area contributed by atoms with Crippen LogP contribution in [0.2, 0.25) is 0 Å². The highest BCUT2D eigenvalue weighted by Crippen LogP contribution is 2.46. The summed E-state index contributed by atoms with van der Waals surface area (Å²) >= 11 is 0. The zero-order valence-electron chi connectivity index (χ0n) is 14.9. The van der Waals surface area contributed by atoms with Gasteiger partial charge in [0.25, 0.3) is 0 Å². The lowest BCUT2D eigenvalue weighted by molar-refractivity contribution is -0.0176. The second kappa shape index (κ2) is 6.06. The highest BCUT2D eigenvalue weighted by molar-refractivity contribution is 5.87. The molecule has 0 fully saturated rings. The molecule has 1 aliphatic heterocycles. The summed E-state index contributed by atoms with van der Waals surface area (Å²) in [6.45, 7) is 4.46. The summed E-state index contributed by atoms with van der Waals surface area (Å²) in [6.07, 6.45) is -1.19. The molecule has 0 saturated carbocycles. The molecule has 0 radical (unpaired) electrons. The summed E-state index contributed by atoms with van der Waals surface area (Å²) in [5, 5.41) is 2.40. The van der Waals surface area contributed by atoms with Crippen LogP contribution in [0, 0.1) is 5.41 Å². The summed E-state index contributed by atoms with van der Waals surface area (Å²) in [6, 6.07) is 20.7. The van der Waals surface area contributed by atoms with Gasteiger partial charge in [-0.15, -0.1) is 0 Å². The van der Waals surface area contributed by atoms with Crippen molar-refractivity contribution < 1.29 is 14.3 Å². The number of nitrogens with two attached hydrogens (primary N) is 1. The van der Waals surface area contributed by atoms with Gasteiger partial charge in [0.1, 0.15) is 11.9 Å². The van der Waals surface area contributed by atoms with Crippen molar-refractivity contribution in [3.05, 3.63) is 66.2 Å². The molecule has 4 heteroatoms. The third-order valence-corrected chi connectivity index (χ3v) is 4.92. The number of hydrogen-bond donors (Lipinski definition) is 1. The monoisotopic (exact) mass is 347 g/mol. The van der Waals surface area contributed by atoms with Gasteiger partial charge in [0.2, 0.25) is 0 Å². The number of rotatable bonds is 2. The van der Waals surface area contributed by atoms with Crippen LogP contribution in [-0.4, -0.2) is 12.7 Å². The largest absolute Gasteiger partial charge is 0.492 e. The Morgan fingerprint density at radius 3 is 2.50 bits per heavy atom. The molecule has 132 valence electrons. The Hall–Kier alpha value is -3.01. The van der Waals surface area contributed by atoms with Crippen molar-refractivity contribution in [1.82, 2.24) is 0 Å². The minimum absolute atomic E-state index is 0.341. The molecule has 0 bridgehead atoms. The van der Waals surface area contributed by atoms with Crippen LogP contribution in [0.15, 0.2) is 60.7 Å². The van der Waals surface area contributed by atoms with E-state index in [1.165, 1.54) is 10.8 Å². The second-order valence-corrected chi connectivity index (χ2v) is 7.41. The van der Waals surface area contributed by atoms with Gasteiger partial charge in [0.05, 0.1) is 6.61 Å². The first-order valence-electron chi connectivity index (χ1n) is 8.66. The quantitative estimate of drug-likeness (QED) is 0.704. The van der Waals surface area contributed by atoms with Gasteiger partial charge in [-0.3, -0.25) is 0 Å². The Kier molecular flexibility index (Phi) is 3.83. The first-order valence-corrected chi connectivity index (χ1v) is 8.66. The Balaban J connectivity index is 1.75. The number of carbonyl (C=O) groups excluding carboxylic acids is 1. The predicted octanol–water partition coefficient (Wildman–Crippen LogP) is 5.06. The average Bonchev–Trinajstić information content (AvgIpc) is 2.63. The standard InChI is InChI=1S/C22H21NO3/c1-22(2)13-25-19-12-17(9-10-18(19)20(22)26-21(23)24)16-8-7-14-5-3-4-6-15(14)11-16/h3-12,20H,13H2,1-2H3,(H2,23,24). The zero-order chi connectivity index (χ0) is 18.3. The van der Waals surface area contributed by atoms with Crippen molar-refractivity contribution >= 4 is 16.9 Å². The molecule has 4 nitrogen and oxygen atoms in total. The molecule has 1 atom stereocenters. The number of ether oxygens (including phenoxy) is 2. The third-order valence-electron chi connectivity index (χ3n) is 4.92. The number of fused-ring (bicyclic) bond motifs is 2. The van der Waals surface area contributed by atoms with E-state index in [2.05, 4.69) is 30.3 Å². The van der Waals surface area contributed by atoms with E-state index in [1.54, 1.807) is 0 Å². The maximum atomic E-state index is 11.3. The Morgan fingerprint density at radius 1 is 1.04 bits per heavy atom. The smallest absolute Gasteiger partial charge is 0.405 e. The highest BCUT2D eigenvalue weighted by atomic mass is 16.6. The average molecular weight is 347 g/mol. The first-order chi connectivity index (χ1) is 12.4. The fourth-order valence-corrected chi connectivity index (χ4v) is 3.52. The molecule has 0 aliphatic carbocycles. The van der Waals surface area contributed by atoms with E-state index in [9.17, 15) is 4.79 Å². The van der Waals surface area contributed by atoms with E-state index in [1.807, 2.05) is 44.2 Å². The SMILES string of the molecule is CC1(C)COc2cc(-c3ccc4ccccc4c3)ccc2C1OC(N)=O. The molecule has 0 spiro atoms. The van der Waals surface area contributed by atoms with Crippen LogP contribution in [0.4, 0.5) is 4.79 Å². The van der Waals surface area contributed by atoms with Gasteiger partial charge in [-0.1, -0.05) is 62.4 Å². The first kappa shape index (κ1) is 16.5. The summed E-state index contributed by atoms with van der Waals surface area (Å²) in [5.41, 5.74) is 7.96. The van der Waals surface area contributed by atoms with Crippen LogP contribution in [0.1, 0.15) is 25.5 Å². The predicted molar refractivity (Wildman–Crippen MR) is 102 cm³/mol. The molecular weight excluding hydrogens is 326 g/mol. The van der Waals surface area contributed by atoms with Crippen molar-refractivity contribution in [3.63, 3.8) is 0 Å². The summed E-state index contributed by atoms with van der Waals surface area (Å²) < 4.78 is 11.4. The van der Waals surface area contributed by atoms with Crippen LogP contribution in [0.5, 0.6) is 5.75 Å². The van der Waals surface area contributed by atoms with Gasteiger partial charge < -0.3 is 15.2 Å². The Morgan fingerprint density at radius 2 is 1.73 bits per heavy atom. The lowest BCUT2D eigenvalue weighted by Gasteiger charge is -2.38. The van der Waals surface area contributed by atoms with Gasteiger partial charge in [0.15, 0.2) is 0 Å². The fraction of sp³-hybridized carbons (Fsp3) is 0.227. The van der Waals surface area contributed by atoms with E-state index < -0.39 is 12.2 Å². The summed E-state index contributed by atoms with van der Waals surface area (Å²) in [4.78, 5) is 11.3. The topological polar surface area (TPSA) is 61.6 Å². The van der Waals surface area contributed by atoms with Crippen LogP contribution >= 0.6 is 0 Å². The fourth-order valence-electron chi connectivity index (χ4n) is 3.52. The minimum Gasteiger partial charge on any atom is -0.492 e. The number of carbonyl (C=O) groups is 1. The molecule has 2 N–H and O–H groups in total. The highest BCUT2D eigenvalue weighted by Gasteiger charge is 2.40. The molecule has 1 heterocycles. The van der Waals surface area contributed by atoms with Crippen LogP contribution < -0.4 is 10.5 Å². The minimum atomic E-state index is -0.769. The number of hydrogen-bond acceptors (Lipinski definition) is 3. The molecule has 1 aliphatic rings. The van der Waals surface area contributed by atoms with Crippen molar-refractivity contribution in [3.8, 4) is 16.9 Å². The Bertz CT molecular complexity index is 994. The van der Waals surface area contributed by atoms with Crippen molar-refractivity contribution in [2.45, 2.75) is 20.0 Å². The van der Waals surface area contributed by atoms with E-state index in [0.29, 0.717) is 6.61 Å². The lowest BCUT2D eigenvalue weighted by atomic mass is 9.80. The summed E-state index contributed by atoms with van der Waals surface area (Å²) in [5.74, 6) is 0.737.